The van der Waals surface area contributed by atoms with Crippen molar-refractivity contribution in [1.29, 1.82) is 0 Å². The molecule has 0 unspecified atom stereocenters. The van der Waals surface area contributed by atoms with Crippen LogP contribution < -0.4 is 0 Å². The Bertz CT molecular complexity index is 600. The Morgan fingerprint density at radius 3 is 2.56 bits per heavy atom. The standard InChI is InChI=1S/C14H16N2O2/c1-4-16-10(3)13(9(2)15-16)11-7-5-6-8-12(11)14(17)18/h5-8H,4H2,1-3H3,(H,17,18). The summed E-state index contributed by atoms with van der Waals surface area (Å²) in [5, 5.41) is 13.7. The fraction of sp³-hybridized carbons (Fsp3) is 0.286. The molecule has 4 heteroatoms. The number of rotatable bonds is 3. The van der Waals surface area contributed by atoms with Crippen LogP contribution in [0.5, 0.6) is 0 Å². The van der Waals surface area contributed by atoms with E-state index in [4.69, 9.17) is 0 Å². The van der Waals surface area contributed by atoms with Crippen LogP contribution in [0.2, 0.25) is 0 Å². The molecule has 0 bridgehead atoms. The number of nitrogens with zero attached hydrogens (tertiary/aromatic N) is 2. The second kappa shape index (κ2) is 4.64. The van der Waals surface area contributed by atoms with Crippen molar-refractivity contribution in [2.24, 2.45) is 0 Å². The monoisotopic (exact) mass is 244 g/mol. The summed E-state index contributed by atoms with van der Waals surface area (Å²) in [4.78, 5) is 11.3. The molecule has 1 N–H and O–H groups in total. The van der Waals surface area contributed by atoms with Crippen molar-refractivity contribution in [1.82, 2.24) is 9.78 Å². The van der Waals surface area contributed by atoms with Crippen LogP contribution in [0.1, 0.15) is 28.7 Å². The minimum Gasteiger partial charge on any atom is -0.478 e. The van der Waals surface area contributed by atoms with Gasteiger partial charge < -0.3 is 5.11 Å². The summed E-state index contributed by atoms with van der Waals surface area (Å²) < 4.78 is 1.89. The maximum Gasteiger partial charge on any atom is 0.336 e. The third-order valence-corrected chi connectivity index (χ3v) is 3.11. The first-order chi connectivity index (χ1) is 8.56. The second-order valence-electron chi connectivity index (χ2n) is 4.21. The molecule has 0 saturated heterocycles. The summed E-state index contributed by atoms with van der Waals surface area (Å²) in [6.45, 7) is 6.68. The van der Waals surface area contributed by atoms with Gasteiger partial charge in [-0.2, -0.15) is 5.10 Å². The molecule has 2 aromatic rings. The second-order valence-corrected chi connectivity index (χ2v) is 4.21. The molecule has 0 spiro atoms. The summed E-state index contributed by atoms with van der Waals surface area (Å²) in [5.41, 5.74) is 3.85. The minimum atomic E-state index is -0.909. The van der Waals surface area contributed by atoms with Crippen LogP contribution in [0.3, 0.4) is 0 Å². The van der Waals surface area contributed by atoms with Gasteiger partial charge in [0.25, 0.3) is 0 Å². The molecule has 1 aromatic carbocycles. The summed E-state index contributed by atoms with van der Waals surface area (Å²) in [7, 11) is 0. The third kappa shape index (κ3) is 1.90. The molecule has 0 amide bonds. The summed E-state index contributed by atoms with van der Waals surface area (Å²) >= 11 is 0. The van der Waals surface area contributed by atoms with Crippen molar-refractivity contribution in [2.75, 3.05) is 0 Å². The van der Waals surface area contributed by atoms with Crippen molar-refractivity contribution in [2.45, 2.75) is 27.3 Å². The number of carboxylic acid groups (broad SMARTS) is 1. The maximum absolute atomic E-state index is 11.3. The molecule has 0 atom stereocenters. The van der Waals surface area contributed by atoms with E-state index in [-0.39, 0.29) is 0 Å². The Labute approximate surface area is 106 Å². The summed E-state index contributed by atoms with van der Waals surface area (Å²) in [6, 6.07) is 7.05. The average molecular weight is 244 g/mol. The fourth-order valence-corrected chi connectivity index (χ4v) is 2.28. The van der Waals surface area contributed by atoms with E-state index in [1.54, 1.807) is 12.1 Å². The van der Waals surface area contributed by atoms with Gasteiger partial charge in [0.05, 0.1) is 11.3 Å². The lowest BCUT2D eigenvalue weighted by atomic mass is 9.98. The van der Waals surface area contributed by atoms with E-state index in [2.05, 4.69) is 5.10 Å². The normalized spacial score (nSPS) is 10.6. The van der Waals surface area contributed by atoms with Crippen LogP contribution in [-0.2, 0) is 6.54 Å². The molecule has 4 nitrogen and oxygen atoms in total. The van der Waals surface area contributed by atoms with Gasteiger partial charge in [-0.05, 0) is 32.4 Å². The predicted molar refractivity (Wildman–Crippen MR) is 69.8 cm³/mol. The van der Waals surface area contributed by atoms with Gasteiger partial charge in [0.2, 0.25) is 0 Å². The minimum absolute atomic E-state index is 0.319. The van der Waals surface area contributed by atoms with Gasteiger partial charge in [0, 0.05) is 17.8 Å². The molecule has 0 saturated carbocycles. The molecule has 1 heterocycles. The number of carbonyl (C=O) groups is 1. The Morgan fingerprint density at radius 2 is 2.00 bits per heavy atom. The van der Waals surface area contributed by atoms with Gasteiger partial charge >= 0.3 is 5.97 Å². The van der Waals surface area contributed by atoms with Crippen LogP contribution in [0.25, 0.3) is 11.1 Å². The molecule has 0 fully saturated rings. The van der Waals surface area contributed by atoms with Crippen molar-refractivity contribution < 1.29 is 9.90 Å². The summed E-state index contributed by atoms with van der Waals surface area (Å²) in [6.07, 6.45) is 0. The average Bonchev–Trinajstić information content (AvgIpc) is 2.64. The quantitative estimate of drug-likeness (QED) is 0.903. The van der Waals surface area contributed by atoms with Crippen LogP contribution in [0, 0.1) is 13.8 Å². The van der Waals surface area contributed by atoms with E-state index < -0.39 is 5.97 Å². The Morgan fingerprint density at radius 1 is 1.33 bits per heavy atom. The predicted octanol–water partition coefficient (Wildman–Crippen LogP) is 2.89. The van der Waals surface area contributed by atoms with Gasteiger partial charge in [-0.1, -0.05) is 18.2 Å². The van der Waals surface area contributed by atoms with E-state index in [1.807, 2.05) is 37.6 Å². The van der Waals surface area contributed by atoms with E-state index in [1.165, 1.54) is 0 Å². The lowest BCUT2D eigenvalue weighted by molar-refractivity contribution is 0.0698. The highest BCUT2D eigenvalue weighted by atomic mass is 16.4. The zero-order chi connectivity index (χ0) is 13.3. The summed E-state index contributed by atoms with van der Waals surface area (Å²) in [5.74, 6) is -0.909. The number of hydrogen-bond donors (Lipinski definition) is 1. The molecule has 0 aliphatic heterocycles. The van der Waals surface area contributed by atoms with Gasteiger partial charge in [-0.25, -0.2) is 4.79 Å². The molecule has 0 aliphatic rings. The first-order valence-corrected chi connectivity index (χ1v) is 5.93. The first kappa shape index (κ1) is 12.4. The number of carboxylic acids is 1. The molecule has 0 aliphatic carbocycles. The third-order valence-electron chi connectivity index (χ3n) is 3.11. The smallest absolute Gasteiger partial charge is 0.336 e. The van der Waals surface area contributed by atoms with Crippen LogP contribution in [-0.4, -0.2) is 20.9 Å². The van der Waals surface area contributed by atoms with Gasteiger partial charge in [-0.15, -0.1) is 0 Å². The van der Waals surface area contributed by atoms with Crippen LogP contribution >= 0.6 is 0 Å². The van der Waals surface area contributed by atoms with E-state index >= 15 is 0 Å². The number of aromatic nitrogens is 2. The van der Waals surface area contributed by atoms with Crippen LogP contribution in [0.15, 0.2) is 24.3 Å². The van der Waals surface area contributed by atoms with E-state index in [9.17, 15) is 9.90 Å². The van der Waals surface area contributed by atoms with Crippen molar-refractivity contribution >= 4 is 5.97 Å². The van der Waals surface area contributed by atoms with Crippen molar-refractivity contribution in [3.05, 3.63) is 41.2 Å². The Kier molecular flexibility index (Phi) is 3.19. The van der Waals surface area contributed by atoms with Crippen LogP contribution in [0.4, 0.5) is 0 Å². The molecular weight excluding hydrogens is 228 g/mol. The number of benzene rings is 1. The lowest BCUT2D eigenvalue weighted by Crippen LogP contribution is -2.01. The molecule has 18 heavy (non-hydrogen) atoms. The lowest BCUT2D eigenvalue weighted by Gasteiger charge is -2.07. The van der Waals surface area contributed by atoms with Crippen molar-refractivity contribution in [3.8, 4) is 11.1 Å². The number of aromatic carboxylic acids is 1. The Balaban J connectivity index is 2.69. The van der Waals surface area contributed by atoms with E-state index in [0.717, 1.165) is 29.1 Å². The van der Waals surface area contributed by atoms with Gasteiger partial charge in [-0.3, -0.25) is 4.68 Å². The SMILES string of the molecule is CCn1nc(C)c(-c2ccccc2C(=O)O)c1C. The zero-order valence-electron chi connectivity index (χ0n) is 10.8. The van der Waals surface area contributed by atoms with Gasteiger partial charge in [0.15, 0.2) is 0 Å². The molecule has 2 rings (SSSR count). The fourth-order valence-electron chi connectivity index (χ4n) is 2.28. The molecular formula is C14H16N2O2. The topological polar surface area (TPSA) is 55.1 Å². The number of aryl methyl sites for hydroxylation is 2. The number of hydrogen-bond acceptors (Lipinski definition) is 2. The van der Waals surface area contributed by atoms with Crippen molar-refractivity contribution in [3.63, 3.8) is 0 Å². The first-order valence-electron chi connectivity index (χ1n) is 5.93. The Hall–Kier alpha value is -2.10. The largest absolute Gasteiger partial charge is 0.478 e. The molecule has 0 radical (unpaired) electrons. The van der Waals surface area contributed by atoms with E-state index in [0.29, 0.717) is 5.56 Å². The molecule has 94 valence electrons. The van der Waals surface area contributed by atoms with Gasteiger partial charge in [0.1, 0.15) is 0 Å². The maximum atomic E-state index is 11.3. The zero-order valence-corrected chi connectivity index (χ0v) is 10.8. The highest BCUT2D eigenvalue weighted by molar-refractivity contribution is 5.96. The highest BCUT2D eigenvalue weighted by Gasteiger charge is 2.18. The molecule has 1 aromatic heterocycles. The highest BCUT2D eigenvalue weighted by Crippen LogP contribution is 2.29.